The third kappa shape index (κ3) is 2.73. The summed E-state index contributed by atoms with van der Waals surface area (Å²) in [6.45, 7) is 9.20. The quantitative estimate of drug-likeness (QED) is 0.481. The molecule has 0 atom stereocenters. The minimum absolute atomic E-state index is 0.692. The summed E-state index contributed by atoms with van der Waals surface area (Å²) < 4.78 is 7.76. The molecule has 3 heterocycles. The van der Waals surface area contributed by atoms with Crippen LogP contribution in [-0.2, 0) is 6.54 Å². The van der Waals surface area contributed by atoms with E-state index in [0.717, 1.165) is 51.8 Å². The molecule has 0 spiro atoms. The number of hydrogen-bond donors (Lipinski definition) is 0. The minimum Gasteiger partial charge on any atom is -0.361 e. The van der Waals surface area contributed by atoms with E-state index in [2.05, 4.69) is 53.9 Å². The van der Waals surface area contributed by atoms with Crippen LogP contribution in [0.2, 0.25) is 0 Å². The molecule has 1 saturated carbocycles. The van der Waals surface area contributed by atoms with Crippen LogP contribution in [0.25, 0.3) is 33.7 Å². The first-order chi connectivity index (χ1) is 13.5. The van der Waals surface area contributed by atoms with E-state index in [-0.39, 0.29) is 0 Å². The Morgan fingerprint density at radius 3 is 2.54 bits per heavy atom. The maximum atomic E-state index is 5.40. The summed E-state index contributed by atoms with van der Waals surface area (Å²) in [6, 6.07) is 10.6. The fourth-order valence-electron chi connectivity index (χ4n) is 4.00. The van der Waals surface area contributed by atoms with Crippen molar-refractivity contribution in [1.29, 1.82) is 0 Å². The van der Waals surface area contributed by atoms with Crippen LogP contribution in [0.5, 0.6) is 0 Å². The summed E-state index contributed by atoms with van der Waals surface area (Å²) in [5, 5.41) is 5.23. The van der Waals surface area contributed by atoms with E-state index < -0.39 is 0 Å². The lowest BCUT2D eigenvalue weighted by Crippen LogP contribution is -2.04. The third-order valence-electron chi connectivity index (χ3n) is 5.76. The molecule has 5 rings (SSSR count). The zero-order valence-electron chi connectivity index (χ0n) is 16.8. The normalized spacial score (nSPS) is 14.1. The van der Waals surface area contributed by atoms with Gasteiger partial charge >= 0.3 is 0 Å². The van der Waals surface area contributed by atoms with Crippen molar-refractivity contribution in [2.75, 3.05) is 0 Å². The molecule has 0 N–H and O–H groups in total. The molecule has 3 aromatic heterocycles. The topological polar surface area (TPSA) is 56.7 Å². The van der Waals surface area contributed by atoms with E-state index in [9.17, 15) is 0 Å². The predicted octanol–water partition coefficient (Wildman–Crippen LogP) is 5.40. The Morgan fingerprint density at radius 1 is 1.07 bits per heavy atom. The fourth-order valence-corrected chi connectivity index (χ4v) is 4.00. The van der Waals surface area contributed by atoms with Crippen LogP contribution in [0.15, 0.2) is 34.9 Å². The monoisotopic (exact) mass is 372 g/mol. The Bertz CT molecular complexity index is 1180. The molecule has 1 aliphatic rings. The maximum absolute atomic E-state index is 5.40. The van der Waals surface area contributed by atoms with Crippen LogP contribution in [0.1, 0.15) is 35.6 Å². The number of aryl methyl sites for hydroxylation is 4. The SMILES string of the molecule is Cc1ccccc1-c1nc(-c2c(C)noc2C)nc2c1cc(C)n2CC1CC1. The molecule has 0 amide bonds. The van der Waals surface area contributed by atoms with Crippen LogP contribution in [0.3, 0.4) is 0 Å². The molecule has 5 heteroatoms. The molecule has 142 valence electrons. The zero-order valence-corrected chi connectivity index (χ0v) is 16.8. The summed E-state index contributed by atoms with van der Waals surface area (Å²) in [5.41, 5.74) is 7.30. The largest absolute Gasteiger partial charge is 0.361 e. The lowest BCUT2D eigenvalue weighted by atomic mass is 10.0. The summed E-state index contributed by atoms with van der Waals surface area (Å²) in [4.78, 5) is 10.0. The number of aromatic nitrogens is 4. The van der Waals surface area contributed by atoms with Crippen molar-refractivity contribution >= 4 is 11.0 Å². The van der Waals surface area contributed by atoms with Gasteiger partial charge < -0.3 is 9.09 Å². The van der Waals surface area contributed by atoms with Crippen molar-refractivity contribution in [2.45, 2.75) is 47.1 Å². The Kier molecular flexibility index (Phi) is 3.86. The Labute approximate surface area is 164 Å². The van der Waals surface area contributed by atoms with E-state index in [0.29, 0.717) is 5.82 Å². The number of nitrogens with zero attached hydrogens (tertiary/aromatic N) is 4. The van der Waals surface area contributed by atoms with Gasteiger partial charge in [-0.25, -0.2) is 9.97 Å². The Hall–Kier alpha value is -2.95. The van der Waals surface area contributed by atoms with Crippen LogP contribution >= 0.6 is 0 Å². The predicted molar refractivity (Wildman–Crippen MR) is 110 cm³/mol. The lowest BCUT2D eigenvalue weighted by molar-refractivity contribution is 0.393. The molecule has 1 aromatic carbocycles. The fraction of sp³-hybridized carbons (Fsp3) is 0.348. The van der Waals surface area contributed by atoms with Gasteiger partial charge in [0.1, 0.15) is 11.4 Å². The van der Waals surface area contributed by atoms with Gasteiger partial charge in [-0.2, -0.15) is 0 Å². The molecular formula is C23H24N4O. The Morgan fingerprint density at radius 2 is 1.86 bits per heavy atom. The highest BCUT2D eigenvalue weighted by atomic mass is 16.5. The van der Waals surface area contributed by atoms with Gasteiger partial charge in [0, 0.05) is 23.2 Å². The average molecular weight is 372 g/mol. The van der Waals surface area contributed by atoms with Gasteiger partial charge in [0.25, 0.3) is 0 Å². The van der Waals surface area contributed by atoms with Crippen molar-refractivity contribution in [3.8, 4) is 22.6 Å². The molecule has 1 fully saturated rings. The van der Waals surface area contributed by atoms with Crippen molar-refractivity contribution in [3.63, 3.8) is 0 Å². The number of fused-ring (bicyclic) bond motifs is 1. The van der Waals surface area contributed by atoms with Gasteiger partial charge in [-0.05, 0) is 58.1 Å². The smallest absolute Gasteiger partial charge is 0.167 e. The standard InChI is InChI=1S/C23H24N4O/c1-13-7-5-6-8-18(13)21-19-11-14(2)27(12-17-9-10-17)23(19)25-22(24-21)20-15(3)26-28-16(20)4/h5-8,11,17H,9-10,12H2,1-4H3. The van der Waals surface area contributed by atoms with E-state index in [1.165, 1.54) is 24.1 Å². The van der Waals surface area contributed by atoms with Crippen LogP contribution in [0.4, 0.5) is 0 Å². The second-order valence-electron chi connectivity index (χ2n) is 7.99. The first-order valence-corrected chi connectivity index (χ1v) is 9.90. The van der Waals surface area contributed by atoms with E-state index in [4.69, 9.17) is 14.5 Å². The number of benzene rings is 1. The van der Waals surface area contributed by atoms with E-state index in [1.54, 1.807) is 0 Å². The maximum Gasteiger partial charge on any atom is 0.167 e. The van der Waals surface area contributed by atoms with Crippen LogP contribution in [-0.4, -0.2) is 19.7 Å². The molecule has 4 aromatic rings. The molecule has 0 bridgehead atoms. The van der Waals surface area contributed by atoms with Crippen LogP contribution in [0, 0.1) is 33.6 Å². The Balaban J connectivity index is 1.83. The van der Waals surface area contributed by atoms with Crippen molar-refractivity contribution in [1.82, 2.24) is 19.7 Å². The molecule has 0 aliphatic heterocycles. The van der Waals surface area contributed by atoms with Crippen molar-refractivity contribution < 1.29 is 4.52 Å². The minimum atomic E-state index is 0.692. The highest BCUT2D eigenvalue weighted by Crippen LogP contribution is 2.37. The first-order valence-electron chi connectivity index (χ1n) is 9.90. The van der Waals surface area contributed by atoms with Gasteiger partial charge in [0.2, 0.25) is 0 Å². The molecule has 1 aliphatic carbocycles. The first kappa shape index (κ1) is 17.2. The number of hydrogen-bond acceptors (Lipinski definition) is 4. The van der Waals surface area contributed by atoms with Gasteiger partial charge in [-0.15, -0.1) is 0 Å². The third-order valence-corrected chi connectivity index (χ3v) is 5.76. The highest BCUT2D eigenvalue weighted by molar-refractivity contribution is 5.94. The summed E-state index contributed by atoms with van der Waals surface area (Å²) in [5.74, 6) is 2.22. The molecule has 0 saturated heterocycles. The van der Waals surface area contributed by atoms with E-state index >= 15 is 0 Å². The van der Waals surface area contributed by atoms with Gasteiger partial charge in [-0.1, -0.05) is 29.4 Å². The van der Waals surface area contributed by atoms with Gasteiger partial charge in [0.15, 0.2) is 5.82 Å². The zero-order chi connectivity index (χ0) is 19.4. The molecule has 0 radical (unpaired) electrons. The molecular weight excluding hydrogens is 348 g/mol. The summed E-state index contributed by atoms with van der Waals surface area (Å²) >= 11 is 0. The van der Waals surface area contributed by atoms with Crippen molar-refractivity contribution in [2.24, 2.45) is 5.92 Å². The average Bonchev–Trinajstić information content (AvgIpc) is 3.36. The molecule has 5 nitrogen and oxygen atoms in total. The second kappa shape index (κ2) is 6.30. The second-order valence-corrected chi connectivity index (χ2v) is 7.99. The van der Waals surface area contributed by atoms with Gasteiger partial charge in [0.05, 0.1) is 17.0 Å². The van der Waals surface area contributed by atoms with Crippen LogP contribution < -0.4 is 0 Å². The summed E-state index contributed by atoms with van der Waals surface area (Å²) in [7, 11) is 0. The number of rotatable bonds is 4. The van der Waals surface area contributed by atoms with Crippen molar-refractivity contribution in [3.05, 3.63) is 53.0 Å². The highest BCUT2D eigenvalue weighted by Gasteiger charge is 2.26. The lowest BCUT2D eigenvalue weighted by Gasteiger charge is -2.11. The molecule has 0 unspecified atom stereocenters. The molecule has 28 heavy (non-hydrogen) atoms. The van der Waals surface area contributed by atoms with E-state index in [1.807, 2.05) is 13.8 Å². The van der Waals surface area contributed by atoms with Gasteiger partial charge in [-0.3, -0.25) is 0 Å². The summed E-state index contributed by atoms with van der Waals surface area (Å²) in [6.07, 6.45) is 2.62.